The first-order chi connectivity index (χ1) is 18.9. The molecule has 5 rings (SSSR count). The fourth-order valence-corrected chi connectivity index (χ4v) is 5.00. The van der Waals surface area contributed by atoms with Gasteiger partial charge in [0.15, 0.2) is 11.6 Å². The fraction of sp³-hybridized carbons (Fsp3) is 0.103. The van der Waals surface area contributed by atoms with Crippen molar-refractivity contribution < 1.29 is 13.6 Å². The number of halogens is 2. The van der Waals surface area contributed by atoms with Gasteiger partial charge >= 0.3 is 0 Å². The molecule has 0 aliphatic carbocycles. The van der Waals surface area contributed by atoms with Crippen LogP contribution in [0.3, 0.4) is 0 Å². The lowest BCUT2D eigenvalue weighted by Crippen LogP contribution is -2.24. The van der Waals surface area contributed by atoms with Gasteiger partial charge in [0.25, 0.3) is 5.91 Å². The summed E-state index contributed by atoms with van der Waals surface area (Å²) in [5, 5.41) is 6.82. The van der Waals surface area contributed by atoms with E-state index >= 15 is 0 Å². The van der Waals surface area contributed by atoms with Crippen LogP contribution < -0.4 is 16.4 Å². The fourth-order valence-electron chi connectivity index (χ4n) is 4.06. The molecule has 1 amide bonds. The normalized spacial score (nSPS) is 10.9. The molecule has 3 heterocycles. The number of aromatic nitrogens is 3. The summed E-state index contributed by atoms with van der Waals surface area (Å²) in [5.74, 6) is -1.44. The van der Waals surface area contributed by atoms with Crippen molar-refractivity contribution in [3.63, 3.8) is 0 Å². The molecule has 0 atom stereocenters. The van der Waals surface area contributed by atoms with Gasteiger partial charge in [-0.05, 0) is 65.6 Å². The number of fused-ring (bicyclic) bond motifs is 1. The molecule has 4 N–H and O–H groups in total. The van der Waals surface area contributed by atoms with Crippen molar-refractivity contribution in [3.05, 3.63) is 113 Å². The minimum atomic E-state index is -0.963. The van der Waals surface area contributed by atoms with E-state index in [1.54, 1.807) is 29.7 Å². The second kappa shape index (κ2) is 11.4. The smallest absolute Gasteiger partial charge is 0.255 e. The van der Waals surface area contributed by atoms with Crippen LogP contribution in [0.1, 0.15) is 26.4 Å². The Morgan fingerprint density at radius 3 is 2.67 bits per heavy atom. The number of carbonyl (C=O) groups excluding carboxylic acids is 1. The van der Waals surface area contributed by atoms with Crippen LogP contribution in [0.5, 0.6) is 0 Å². The number of amides is 1. The highest BCUT2D eigenvalue weighted by Crippen LogP contribution is 2.31. The van der Waals surface area contributed by atoms with Crippen LogP contribution in [-0.2, 0) is 19.5 Å². The van der Waals surface area contributed by atoms with Crippen LogP contribution in [0.15, 0.2) is 79.8 Å². The lowest BCUT2D eigenvalue weighted by Gasteiger charge is -2.13. The third kappa shape index (κ3) is 5.91. The lowest BCUT2D eigenvalue weighted by molar-refractivity contribution is 0.0951. The third-order valence-electron chi connectivity index (χ3n) is 6.05. The molecular formula is C29H24F2N6OS. The molecule has 196 valence electrons. The maximum atomic E-state index is 13.6. The molecule has 0 aliphatic heterocycles. The Hall–Kier alpha value is -4.70. The Bertz CT molecular complexity index is 1690. The topological polar surface area (TPSA) is 106 Å². The van der Waals surface area contributed by atoms with Gasteiger partial charge in [0.05, 0.1) is 17.6 Å². The average molecular weight is 543 g/mol. The number of anilines is 2. The third-order valence-corrected chi connectivity index (χ3v) is 7.18. The summed E-state index contributed by atoms with van der Waals surface area (Å²) in [6, 6.07) is 15.2. The van der Waals surface area contributed by atoms with Crippen molar-refractivity contribution in [1.29, 1.82) is 0 Å². The van der Waals surface area contributed by atoms with Crippen molar-refractivity contribution in [2.75, 3.05) is 11.1 Å². The SMILES string of the molecule is C=CCc1cnc(NCc2ccc(-c3ccc4ncnc(N)c4c3)s2)c(C(=O)NCc2ccc(F)c(F)c2)c1. The van der Waals surface area contributed by atoms with Gasteiger partial charge in [-0.1, -0.05) is 18.2 Å². The molecule has 3 aromatic heterocycles. The zero-order valence-electron chi connectivity index (χ0n) is 20.7. The molecule has 0 spiro atoms. The molecule has 0 saturated carbocycles. The zero-order chi connectivity index (χ0) is 27.4. The molecule has 10 heteroatoms. The van der Waals surface area contributed by atoms with Gasteiger partial charge in [-0.2, -0.15) is 0 Å². The Morgan fingerprint density at radius 1 is 0.974 bits per heavy atom. The summed E-state index contributed by atoms with van der Waals surface area (Å²) < 4.78 is 26.8. The predicted molar refractivity (Wildman–Crippen MR) is 150 cm³/mol. The van der Waals surface area contributed by atoms with Crippen LogP contribution in [-0.4, -0.2) is 20.9 Å². The first kappa shape index (κ1) is 25.9. The minimum absolute atomic E-state index is 0.0384. The van der Waals surface area contributed by atoms with E-state index in [0.29, 0.717) is 35.7 Å². The number of hydrogen-bond acceptors (Lipinski definition) is 7. The second-order valence-electron chi connectivity index (χ2n) is 8.77. The predicted octanol–water partition coefficient (Wildman–Crippen LogP) is 5.88. The first-order valence-electron chi connectivity index (χ1n) is 12.1. The summed E-state index contributed by atoms with van der Waals surface area (Å²) >= 11 is 1.60. The number of thiophene rings is 1. The monoisotopic (exact) mass is 542 g/mol. The Morgan fingerprint density at radius 2 is 1.85 bits per heavy atom. The number of nitrogen functional groups attached to an aromatic ring is 1. The Labute approximate surface area is 227 Å². The molecule has 7 nitrogen and oxygen atoms in total. The van der Waals surface area contributed by atoms with E-state index in [1.807, 2.05) is 30.3 Å². The number of allylic oxidation sites excluding steroid dienone is 1. The van der Waals surface area contributed by atoms with Gasteiger partial charge in [-0.25, -0.2) is 23.7 Å². The maximum Gasteiger partial charge on any atom is 0.255 e. The van der Waals surface area contributed by atoms with E-state index in [2.05, 4.69) is 32.2 Å². The van der Waals surface area contributed by atoms with Crippen LogP contribution in [0.4, 0.5) is 20.4 Å². The highest BCUT2D eigenvalue weighted by molar-refractivity contribution is 7.15. The maximum absolute atomic E-state index is 13.6. The average Bonchev–Trinajstić information content (AvgIpc) is 3.42. The number of nitrogens with two attached hydrogens (primary N) is 1. The number of benzene rings is 2. The highest BCUT2D eigenvalue weighted by Gasteiger charge is 2.15. The molecule has 0 unspecified atom stereocenters. The molecule has 2 aromatic carbocycles. The number of pyridine rings is 1. The summed E-state index contributed by atoms with van der Waals surface area (Å²) in [6.45, 7) is 4.23. The Kier molecular flexibility index (Phi) is 7.55. The quantitative estimate of drug-likeness (QED) is 0.201. The first-order valence-corrected chi connectivity index (χ1v) is 12.9. The van der Waals surface area contributed by atoms with Crippen molar-refractivity contribution in [2.24, 2.45) is 0 Å². The van der Waals surface area contributed by atoms with Crippen molar-refractivity contribution in [3.8, 4) is 10.4 Å². The van der Waals surface area contributed by atoms with Crippen molar-refractivity contribution >= 4 is 39.8 Å². The molecule has 0 saturated heterocycles. The van der Waals surface area contributed by atoms with E-state index in [9.17, 15) is 13.6 Å². The van der Waals surface area contributed by atoms with Crippen LogP contribution in [0, 0.1) is 11.6 Å². The van der Waals surface area contributed by atoms with Crippen LogP contribution in [0.25, 0.3) is 21.3 Å². The Balaban J connectivity index is 1.32. The molecule has 0 radical (unpaired) electrons. The number of hydrogen-bond donors (Lipinski definition) is 3. The van der Waals surface area contributed by atoms with Crippen molar-refractivity contribution in [2.45, 2.75) is 19.5 Å². The summed E-state index contributed by atoms with van der Waals surface area (Å²) in [6.07, 6.45) is 5.41. The van der Waals surface area contributed by atoms with Gasteiger partial charge < -0.3 is 16.4 Å². The largest absolute Gasteiger partial charge is 0.383 e. The molecular weight excluding hydrogens is 518 g/mol. The highest BCUT2D eigenvalue weighted by atomic mass is 32.1. The lowest BCUT2D eigenvalue weighted by atomic mass is 10.1. The van der Waals surface area contributed by atoms with E-state index in [1.165, 1.54) is 12.4 Å². The van der Waals surface area contributed by atoms with E-state index in [4.69, 9.17) is 5.73 Å². The second-order valence-corrected chi connectivity index (χ2v) is 9.94. The number of carbonyl (C=O) groups is 1. The zero-order valence-corrected chi connectivity index (χ0v) is 21.6. The van der Waals surface area contributed by atoms with Crippen LogP contribution in [0.2, 0.25) is 0 Å². The van der Waals surface area contributed by atoms with Gasteiger partial charge in [-0.3, -0.25) is 4.79 Å². The van der Waals surface area contributed by atoms with E-state index in [0.717, 1.165) is 43.9 Å². The standard InChI is InChI=1S/C29H24F2N6OS/c1-2-3-17-10-22(29(38)35-14-18-4-7-23(30)24(31)11-18)28(33-13-17)34-15-20-6-9-26(39-20)19-5-8-25-21(12-19)27(32)37-16-36-25/h2,4-13,16H,1,3,14-15H2,(H,33,34)(H,35,38)(H2,32,36,37). The van der Waals surface area contributed by atoms with E-state index in [-0.39, 0.29) is 12.5 Å². The van der Waals surface area contributed by atoms with Gasteiger partial charge in [0.2, 0.25) is 0 Å². The number of nitrogens with one attached hydrogen (secondary N) is 2. The molecule has 5 aromatic rings. The minimum Gasteiger partial charge on any atom is -0.383 e. The molecule has 0 fully saturated rings. The summed E-state index contributed by atoms with van der Waals surface area (Å²) in [7, 11) is 0. The van der Waals surface area contributed by atoms with Gasteiger partial charge in [-0.15, -0.1) is 17.9 Å². The molecule has 0 aliphatic rings. The van der Waals surface area contributed by atoms with Crippen molar-refractivity contribution in [1.82, 2.24) is 20.3 Å². The van der Waals surface area contributed by atoms with Crippen LogP contribution >= 0.6 is 11.3 Å². The summed E-state index contributed by atoms with van der Waals surface area (Å²) in [4.78, 5) is 28.0. The summed E-state index contributed by atoms with van der Waals surface area (Å²) in [5.41, 5.74) is 9.42. The van der Waals surface area contributed by atoms with Gasteiger partial charge in [0.1, 0.15) is 18.0 Å². The number of nitrogens with zero attached hydrogens (tertiary/aromatic N) is 3. The van der Waals surface area contributed by atoms with Gasteiger partial charge in [0, 0.05) is 27.9 Å². The molecule has 39 heavy (non-hydrogen) atoms. The molecule has 0 bridgehead atoms. The number of rotatable bonds is 9. The van der Waals surface area contributed by atoms with E-state index < -0.39 is 11.6 Å².